The van der Waals surface area contributed by atoms with E-state index in [0.29, 0.717) is 11.3 Å². The molecule has 1 atom stereocenters. The summed E-state index contributed by atoms with van der Waals surface area (Å²) in [6, 6.07) is 18.6. The zero-order chi connectivity index (χ0) is 24.3. The molecule has 0 heterocycles. The first-order valence-corrected chi connectivity index (χ1v) is 12.8. The predicted octanol–water partition coefficient (Wildman–Crippen LogP) is 5.38. The van der Waals surface area contributed by atoms with Gasteiger partial charge in [-0.25, -0.2) is 8.42 Å². The Morgan fingerprint density at radius 1 is 0.909 bits per heavy atom. The van der Waals surface area contributed by atoms with E-state index in [9.17, 15) is 13.2 Å². The molecule has 0 aliphatic rings. The topological polar surface area (TPSA) is 66.5 Å². The van der Waals surface area contributed by atoms with Gasteiger partial charge in [0.1, 0.15) is 0 Å². The number of rotatable bonds is 7. The smallest absolute Gasteiger partial charge is 0.251 e. The van der Waals surface area contributed by atoms with Gasteiger partial charge in [0.15, 0.2) is 0 Å². The lowest BCUT2D eigenvalue weighted by atomic mass is 9.96. The van der Waals surface area contributed by atoms with Crippen LogP contribution in [0.25, 0.3) is 0 Å². The number of carbonyl (C=O) groups excluding carboxylic acids is 1. The van der Waals surface area contributed by atoms with E-state index in [1.165, 1.54) is 21.7 Å². The lowest BCUT2D eigenvalue weighted by molar-refractivity contribution is 0.0940. The molecule has 3 rings (SSSR count). The van der Waals surface area contributed by atoms with Crippen molar-refractivity contribution in [3.63, 3.8) is 0 Å². The molecule has 0 aliphatic carbocycles. The van der Waals surface area contributed by atoms with Crippen molar-refractivity contribution in [3.05, 3.63) is 99.6 Å². The molecule has 3 aromatic carbocycles. The van der Waals surface area contributed by atoms with Gasteiger partial charge < -0.3 is 5.32 Å². The summed E-state index contributed by atoms with van der Waals surface area (Å²) in [4.78, 5) is 12.8. The van der Waals surface area contributed by atoms with E-state index in [1.54, 1.807) is 30.3 Å². The second kappa shape index (κ2) is 9.79. The minimum atomic E-state index is -3.46. The average molecular weight is 465 g/mol. The number of anilines is 1. The minimum absolute atomic E-state index is 0.126. The van der Waals surface area contributed by atoms with E-state index in [0.717, 1.165) is 22.3 Å². The second-order valence-corrected chi connectivity index (χ2v) is 10.7. The average Bonchev–Trinajstić information content (AvgIpc) is 2.74. The summed E-state index contributed by atoms with van der Waals surface area (Å²) in [5.41, 5.74) is 7.64. The number of carbonyl (C=O) groups is 1. The van der Waals surface area contributed by atoms with Crippen LogP contribution in [0, 0.1) is 27.7 Å². The Morgan fingerprint density at radius 2 is 1.55 bits per heavy atom. The predicted molar refractivity (Wildman–Crippen MR) is 135 cm³/mol. The van der Waals surface area contributed by atoms with Crippen LogP contribution in [0.4, 0.5) is 5.69 Å². The van der Waals surface area contributed by atoms with E-state index in [2.05, 4.69) is 38.2 Å². The summed E-state index contributed by atoms with van der Waals surface area (Å²) in [6.07, 6.45) is 1.20. The molecule has 0 saturated heterocycles. The number of amides is 1. The highest BCUT2D eigenvalue weighted by Gasteiger charge is 2.19. The lowest BCUT2D eigenvalue weighted by Gasteiger charge is -2.23. The molecule has 0 fully saturated rings. The second-order valence-electron chi connectivity index (χ2n) is 8.79. The van der Waals surface area contributed by atoms with Gasteiger partial charge in [-0.3, -0.25) is 9.10 Å². The first kappa shape index (κ1) is 24.5. The fourth-order valence-electron chi connectivity index (χ4n) is 3.92. The first-order chi connectivity index (χ1) is 15.5. The van der Waals surface area contributed by atoms with Crippen molar-refractivity contribution in [3.8, 4) is 0 Å². The molecule has 0 spiro atoms. The molecular weight excluding hydrogens is 432 g/mol. The van der Waals surface area contributed by atoms with Crippen molar-refractivity contribution < 1.29 is 13.2 Å². The van der Waals surface area contributed by atoms with Crippen LogP contribution in [-0.2, 0) is 16.6 Å². The molecule has 0 bridgehead atoms. The van der Waals surface area contributed by atoms with Crippen molar-refractivity contribution in [1.82, 2.24) is 5.32 Å². The van der Waals surface area contributed by atoms with E-state index < -0.39 is 10.0 Å². The summed E-state index contributed by atoms with van der Waals surface area (Å²) >= 11 is 0. The maximum atomic E-state index is 12.8. The van der Waals surface area contributed by atoms with Gasteiger partial charge in [-0.15, -0.1) is 0 Å². The third-order valence-corrected chi connectivity index (χ3v) is 7.07. The van der Waals surface area contributed by atoms with Gasteiger partial charge in [-0.05, 0) is 92.3 Å². The van der Waals surface area contributed by atoms with Crippen LogP contribution in [0.1, 0.15) is 56.7 Å². The number of nitrogens with one attached hydrogen (secondary N) is 1. The van der Waals surface area contributed by atoms with Crippen LogP contribution < -0.4 is 9.62 Å². The molecule has 0 aromatic heterocycles. The molecule has 3 aromatic rings. The van der Waals surface area contributed by atoms with Gasteiger partial charge >= 0.3 is 0 Å². The van der Waals surface area contributed by atoms with E-state index >= 15 is 0 Å². The number of hydrogen-bond donors (Lipinski definition) is 1. The minimum Gasteiger partial charge on any atom is -0.346 e. The van der Waals surface area contributed by atoms with E-state index in [1.807, 2.05) is 32.0 Å². The molecular formula is C27H32N2O3S. The number of sulfonamides is 1. The van der Waals surface area contributed by atoms with Crippen molar-refractivity contribution in [1.29, 1.82) is 0 Å². The van der Waals surface area contributed by atoms with Gasteiger partial charge in [-0.2, -0.15) is 0 Å². The van der Waals surface area contributed by atoms with Gasteiger partial charge in [-0.1, -0.05) is 36.4 Å². The largest absolute Gasteiger partial charge is 0.346 e. The Balaban J connectivity index is 1.75. The Morgan fingerprint density at radius 3 is 2.15 bits per heavy atom. The number of aryl methyl sites for hydroxylation is 4. The Labute approximate surface area is 197 Å². The molecule has 5 nitrogen and oxygen atoms in total. The fourth-order valence-corrected chi connectivity index (χ4v) is 4.80. The van der Waals surface area contributed by atoms with Crippen LogP contribution in [-0.4, -0.2) is 20.6 Å². The Bertz CT molecular complexity index is 1270. The molecule has 0 saturated carbocycles. The summed E-state index contributed by atoms with van der Waals surface area (Å²) in [5, 5.41) is 3.07. The highest BCUT2D eigenvalue weighted by atomic mass is 32.2. The molecule has 1 amide bonds. The highest BCUT2D eigenvalue weighted by Crippen LogP contribution is 2.23. The van der Waals surface area contributed by atoms with E-state index in [-0.39, 0.29) is 18.5 Å². The van der Waals surface area contributed by atoms with Gasteiger partial charge in [0.2, 0.25) is 10.0 Å². The van der Waals surface area contributed by atoms with Crippen molar-refractivity contribution in [2.75, 3.05) is 10.6 Å². The summed E-state index contributed by atoms with van der Waals surface area (Å²) < 4.78 is 26.2. The van der Waals surface area contributed by atoms with Crippen LogP contribution in [0.2, 0.25) is 0 Å². The maximum Gasteiger partial charge on any atom is 0.251 e. The third-order valence-electron chi connectivity index (χ3n) is 5.93. The van der Waals surface area contributed by atoms with Gasteiger partial charge in [0.25, 0.3) is 5.91 Å². The third kappa shape index (κ3) is 6.02. The lowest BCUT2D eigenvalue weighted by Crippen LogP contribution is -2.29. The van der Waals surface area contributed by atoms with Crippen molar-refractivity contribution >= 4 is 21.6 Å². The molecule has 0 aliphatic heterocycles. The molecule has 174 valence electrons. The zero-order valence-corrected chi connectivity index (χ0v) is 21.0. The highest BCUT2D eigenvalue weighted by molar-refractivity contribution is 7.92. The van der Waals surface area contributed by atoms with Gasteiger partial charge in [0, 0.05) is 5.56 Å². The molecule has 33 heavy (non-hydrogen) atoms. The Hall–Kier alpha value is -3.12. The molecule has 6 heteroatoms. The number of hydrogen-bond acceptors (Lipinski definition) is 3. The molecule has 0 radical (unpaired) electrons. The number of nitrogens with zero attached hydrogens (tertiary/aromatic N) is 1. The van der Waals surface area contributed by atoms with Crippen molar-refractivity contribution in [2.45, 2.75) is 47.2 Å². The monoisotopic (exact) mass is 464 g/mol. The van der Waals surface area contributed by atoms with Crippen LogP contribution >= 0.6 is 0 Å². The Kier molecular flexibility index (Phi) is 7.28. The summed E-state index contributed by atoms with van der Waals surface area (Å²) in [5.74, 6) is -0.162. The maximum absolute atomic E-state index is 12.8. The standard InChI is InChI=1S/C27H32N2O3S/c1-18-8-7-9-25(14-18)29(33(6,31)32)17-23-10-12-24(13-11-23)27(30)28-22(5)26-16-20(3)19(2)15-21(26)4/h7-16,22H,17H2,1-6H3,(H,28,30)/t22-/m0/s1. The summed E-state index contributed by atoms with van der Waals surface area (Å²) in [7, 11) is -3.46. The van der Waals surface area contributed by atoms with E-state index in [4.69, 9.17) is 0 Å². The first-order valence-electron chi connectivity index (χ1n) is 11.0. The zero-order valence-electron chi connectivity index (χ0n) is 20.1. The summed E-state index contributed by atoms with van der Waals surface area (Å²) in [6.45, 7) is 10.3. The van der Waals surface area contributed by atoms with Crippen LogP contribution in [0.3, 0.4) is 0 Å². The van der Waals surface area contributed by atoms with Crippen molar-refractivity contribution in [2.24, 2.45) is 0 Å². The normalized spacial score (nSPS) is 12.3. The van der Waals surface area contributed by atoms with Gasteiger partial charge in [0.05, 0.1) is 24.5 Å². The quantitative estimate of drug-likeness (QED) is 0.511. The fraction of sp³-hybridized carbons (Fsp3) is 0.296. The van der Waals surface area contributed by atoms with Crippen LogP contribution in [0.5, 0.6) is 0 Å². The van der Waals surface area contributed by atoms with Crippen LogP contribution in [0.15, 0.2) is 60.7 Å². The molecule has 0 unspecified atom stereocenters. The number of benzene rings is 3. The molecule has 1 N–H and O–H groups in total. The SMILES string of the molecule is Cc1cccc(N(Cc2ccc(C(=O)N[C@@H](C)c3cc(C)c(C)cc3C)cc2)S(C)(=O)=O)c1.